The van der Waals surface area contributed by atoms with Gasteiger partial charge in [0.2, 0.25) is 0 Å². The molecule has 1 nitrogen and oxygen atoms in total. The monoisotopic (exact) mass is 741 g/mol. The van der Waals surface area contributed by atoms with Crippen molar-refractivity contribution in [2.45, 2.75) is 102 Å². The molecule has 13 rings (SSSR count). The average Bonchev–Trinajstić information content (AvgIpc) is 3.84. The van der Waals surface area contributed by atoms with Crippen molar-refractivity contribution >= 4 is 17.1 Å². The molecule has 7 aliphatic carbocycles. The van der Waals surface area contributed by atoms with E-state index in [1.165, 1.54) is 111 Å². The Labute approximate surface area is 340 Å². The fourth-order valence-corrected chi connectivity index (χ4v) is 14.1. The Morgan fingerprint density at radius 2 is 1.09 bits per heavy atom. The van der Waals surface area contributed by atoms with Gasteiger partial charge in [-0.2, -0.15) is 0 Å². The molecule has 1 spiro atoms. The molecule has 6 aromatic carbocycles. The second-order valence-electron chi connectivity index (χ2n) is 20.8. The summed E-state index contributed by atoms with van der Waals surface area (Å²) in [6, 6.07) is 50.2. The van der Waals surface area contributed by atoms with Gasteiger partial charge in [-0.25, -0.2) is 0 Å². The third-order valence-electron chi connectivity index (χ3n) is 16.7. The minimum Gasteiger partial charge on any atom is -0.309 e. The summed E-state index contributed by atoms with van der Waals surface area (Å²) in [4.78, 5) is 2.72. The van der Waals surface area contributed by atoms with Gasteiger partial charge in [0.1, 0.15) is 0 Å². The molecule has 0 heterocycles. The Kier molecular flexibility index (Phi) is 6.84. The fraction of sp³-hybridized carbons (Fsp3) is 0.357. The van der Waals surface area contributed by atoms with Crippen LogP contribution in [-0.2, 0) is 21.7 Å². The highest BCUT2D eigenvalue weighted by molar-refractivity contribution is 6.03. The Morgan fingerprint density at radius 1 is 0.474 bits per heavy atom. The summed E-state index contributed by atoms with van der Waals surface area (Å²) in [5.74, 6) is 3.23. The normalized spacial score (nSPS) is 26.8. The van der Waals surface area contributed by atoms with Crippen molar-refractivity contribution in [2.24, 2.45) is 23.7 Å². The van der Waals surface area contributed by atoms with E-state index in [-0.39, 0.29) is 21.7 Å². The van der Waals surface area contributed by atoms with E-state index in [0.717, 1.165) is 23.7 Å². The van der Waals surface area contributed by atoms with Crippen molar-refractivity contribution in [3.63, 3.8) is 0 Å². The van der Waals surface area contributed by atoms with Gasteiger partial charge in [-0.05, 0) is 153 Å². The number of anilines is 3. The van der Waals surface area contributed by atoms with Gasteiger partial charge in [0.25, 0.3) is 0 Å². The molecule has 0 saturated heterocycles. The number of benzene rings is 6. The Hall–Kier alpha value is -4.88. The quantitative estimate of drug-likeness (QED) is 0.174. The molecule has 1 heteroatoms. The van der Waals surface area contributed by atoms with Crippen LogP contribution in [-0.4, -0.2) is 0 Å². The second-order valence-corrected chi connectivity index (χ2v) is 20.8. The molecule has 0 aromatic heterocycles. The van der Waals surface area contributed by atoms with Crippen molar-refractivity contribution < 1.29 is 0 Å². The number of nitrogens with zero attached hydrogens (tertiary/aromatic N) is 1. The molecule has 5 unspecified atom stereocenters. The SMILES string of the molecule is CC1(C)CCC(C)(C)c2cc(N(c3ccc4c(c3)C(C)(C)c3ccccc3-4)c3c(-c4ccccc4)ccc4c3-c3ccccc3C43C4CC5CC(C4)C3C5)ccc21. The minimum atomic E-state index is -0.102. The van der Waals surface area contributed by atoms with Gasteiger partial charge in [0.15, 0.2) is 0 Å². The molecule has 6 aromatic rings. The fourth-order valence-electron chi connectivity index (χ4n) is 14.1. The van der Waals surface area contributed by atoms with E-state index >= 15 is 0 Å². The largest absolute Gasteiger partial charge is 0.309 e. The lowest BCUT2D eigenvalue weighted by atomic mass is 9.59. The Bertz CT molecular complexity index is 2650. The van der Waals surface area contributed by atoms with Crippen LogP contribution in [0.5, 0.6) is 0 Å². The number of hydrogen-bond donors (Lipinski definition) is 0. The third-order valence-corrected chi connectivity index (χ3v) is 16.7. The van der Waals surface area contributed by atoms with Crippen molar-refractivity contribution in [1.29, 1.82) is 0 Å². The average molecular weight is 742 g/mol. The van der Waals surface area contributed by atoms with Crippen molar-refractivity contribution in [1.82, 2.24) is 0 Å². The minimum absolute atomic E-state index is 0.0910. The van der Waals surface area contributed by atoms with Crippen LogP contribution in [0.3, 0.4) is 0 Å². The molecular formula is C56H55N. The maximum absolute atomic E-state index is 2.72. The van der Waals surface area contributed by atoms with E-state index in [1.54, 1.807) is 11.1 Å². The molecular weight excluding hydrogens is 687 g/mol. The Balaban J connectivity index is 1.19. The van der Waals surface area contributed by atoms with Gasteiger partial charge in [-0.1, -0.05) is 145 Å². The van der Waals surface area contributed by atoms with Crippen molar-refractivity contribution in [3.8, 4) is 33.4 Å². The topological polar surface area (TPSA) is 3.24 Å². The first-order chi connectivity index (χ1) is 27.5. The molecule has 4 bridgehead atoms. The summed E-state index contributed by atoms with van der Waals surface area (Å²) in [6.07, 6.45) is 8.02. The van der Waals surface area contributed by atoms with Gasteiger partial charge >= 0.3 is 0 Å². The van der Waals surface area contributed by atoms with Gasteiger partial charge in [-0.15, -0.1) is 0 Å². The third kappa shape index (κ3) is 4.42. The molecule has 7 aliphatic rings. The van der Waals surface area contributed by atoms with Crippen LogP contribution >= 0.6 is 0 Å². The number of fused-ring (bicyclic) bond motifs is 7. The van der Waals surface area contributed by atoms with Crippen molar-refractivity contribution in [3.05, 3.63) is 161 Å². The summed E-state index contributed by atoms with van der Waals surface area (Å²) in [5, 5.41) is 0. The lowest BCUT2D eigenvalue weighted by Gasteiger charge is -2.44. The standard InChI is InChI=1S/C56H55N/c1-53(2)26-27-54(3,4)50-33-39(21-24-46(50)53)57(38-20-22-42-41-16-10-12-18-44(41)55(5,6)49(42)32-38)52-40(35-14-8-7-9-15-35)23-25-47-51(52)43-17-11-13-19-45(43)56(47)37-29-34-28-36(31-37)48(56)30-34/h7-25,32-34,36-37,48H,26-31H2,1-6H3. The molecule has 4 fully saturated rings. The van der Waals surface area contributed by atoms with Crippen LogP contribution < -0.4 is 4.90 Å². The molecule has 0 amide bonds. The van der Waals surface area contributed by atoms with Crippen LogP contribution in [0.1, 0.15) is 113 Å². The summed E-state index contributed by atoms with van der Waals surface area (Å²) in [6.45, 7) is 14.7. The highest BCUT2D eigenvalue weighted by Gasteiger charge is 2.66. The zero-order valence-corrected chi connectivity index (χ0v) is 34.6. The second kappa shape index (κ2) is 11.4. The molecule has 57 heavy (non-hydrogen) atoms. The summed E-state index contributed by atoms with van der Waals surface area (Å²) in [7, 11) is 0. The highest BCUT2D eigenvalue weighted by atomic mass is 15.1. The van der Waals surface area contributed by atoms with Gasteiger partial charge < -0.3 is 4.90 Å². The lowest BCUT2D eigenvalue weighted by Crippen LogP contribution is -2.40. The van der Waals surface area contributed by atoms with E-state index in [0.29, 0.717) is 0 Å². The summed E-state index contributed by atoms with van der Waals surface area (Å²) >= 11 is 0. The zero-order chi connectivity index (χ0) is 38.6. The summed E-state index contributed by atoms with van der Waals surface area (Å²) < 4.78 is 0. The molecule has 4 saturated carbocycles. The van der Waals surface area contributed by atoms with Crippen molar-refractivity contribution in [2.75, 3.05) is 4.90 Å². The smallest absolute Gasteiger partial charge is 0.0621 e. The Morgan fingerprint density at radius 3 is 1.86 bits per heavy atom. The number of rotatable bonds is 4. The molecule has 5 atom stereocenters. The maximum Gasteiger partial charge on any atom is 0.0621 e. The number of hydrogen-bond acceptors (Lipinski definition) is 1. The van der Waals surface area contributed by atoms with Crippen LogP contribution in [0.25, 0.3) is 33.4 Å². The highest BCUT2D eigenvalue weighted by Crippen LogP contribution is 2.74. The molecule has 284 valence electrons. The van der Waals surface area contributed by atoms with Gasteiger partial charge in [-0.3, -0.25) is 0 Å². The van der Waals surface area contributed by atoms with Crippen LogP contribution in [0.15, 0.2) is 127 Å². The maximum atomic E-state index is 2.72. The first-order valence-electron chi connectivity index (χ1n) is 22.0. The van der Waals surface area contributed by atoms with E-state index in [1.807, 2.05) is 0 Å². The molecule has 0 radical (unpaired) electrons. The van der Waals surface area contributed by atoms with Crippen LogP contribution in [0, 0.1) is 23.7 Å². The molecule has 0 N–H and O–H groups in total. The molecule has 0 aliphatic heterocycles. The predicted molar refractivity (Wildman–Crippen MR) is 238 cm³/mol. The van der Waals surface area contributed by atoms with Crippen LogP contribution in [0.2, 0.25) is 0 Å². The zero-order valence-electron chi connectivity index (χ0n) is 34.6. The predicted octanol–water partition coefficient (Wildman–Crippen LogP) is 14.8. The van der Waals surface area contributed by atoms with Crippen LogP contribution in [0.4, 0.5) is 17.1 Å². The summed E-state index contributed by atoms with van der Waals surface area (Å²) in [5.41, 5.74) is 21.5. The van der Waals surface area contributed by atoms with Gasteiger partial charge in [0.05, 0.1) is 5.69 Å². The first kappa shape index (κ1) is 34.2. The van der Waals surface area contributed by atoms with E-state index in [4.69, 9.17) is 0 Å². The van der Waals surface area contributed by atoms with E-state index in [2.05, 4.69) is 174 Å². The van der Waals surface area contributed by atoms with E-state index < -0.39 is 0 Å². The van der Waals surface area contributed by atoms with Gasteiger partial charge in [0, 0.05) is 33.3 Å². The lowest BCUT2D eigenvalue weighted by molar-refractivity contribution is 0.191. The first-order valence-corrected chi connectivity index (χ1v) is 22.0. The van der Waals surface area contributed by atoms with E-state index in [9.17, 15) is 0 Å².